The van der Waals surface area contributed by atoms with Gasteiger partial charge in [0.2, 0.25) is 0 Å². The highest BCUT2D eigenvalue weighted by atomic mass is 16.2. The number of amides is 2. The average molecular weight is 140 g/mol. The van der Waals surface area contributed by atoms with Crippen LogP contribution >= 0.6 is 0 Å². The van der Waals surface area contributed by atoms with Gasteiger partial charge in [-0.15, -0.1) is 0 Å². The monoisotopic (exact) mass is 140 g/mol. The number of hydrogen-bond acceptors (Lipinski definition) is 1. The third kappa shape index (κ3) is 1.23. The predicted octanol–water partition coefficient (Wildman–Crippen LogP) is 0.639. The molecule has 0 aromatic heterocycles. The quantitative estimate of drug-likeness (QED) is 0.554. The van der Waals surface area contributed by atoms with Gasteiger partial charge in [-0.1, -0.05) is 6.92 Å². The van der Waals surface area contributed by atoms with Crippen LogP contribution in [0.15, 0.2) is 0 Å². The van der Waals surface area contributed by atoms with Crippen LogP contribution in [0.1, 0.15) is 13.8 Å². The minimum absolute atomic E-state index is 0.0643. The first-order valence-corrected chi connectivity index (χ1v) is 3.51. The number of carbonyl (C=O) groups excluding carboxylic acids is 1. The van der Waals surface area contributed by atoms with Crippen molar-refractivity contribution >= 4 is 6.03 Å². The lowest BCUT2D eigenvalue weighted by atomic mass is 10.3. The van der Waals surface area contributed by atoms with Crippen molar-refractivity contribution in [3.05, 3.63) is 6.42 Å². The summed E-state index contributed by atoms with van der Waals surface area (Å²) in [4.78, 5) is 12.7. The van der Waals surface area contributed by atoms with E-state index in [0.717, 1.165) is 6.54 Å². The zero-order chi connectivity index (χ0) is 7.56. The molecule has 0 saturated carbocycles. The molecule has 56 valence electrons. The Labute approximate surface area is 61.4 Å². The smallest absolute Gasteiger partial charge is 0.318 e. The standard InChI is InChI=1S/C7H12N2O/c1-3-4-9-6(2)5-8-7(9)10/h3,6H,4-5H2,1-2H3. The highest BCUT2D eigenvalue weighted by Crippen LogP contribution is 2.06. The first kappa shape index (κ1) is 7.38. The molecule has 1 fully saturated rings. The number of urea groups is 1. The molecule has 0 spiro atoms. The topological polar surface area (TPSA) is 34.4 Å². The summed E-state index contributed by atoms with van der Waals surface area (Å²) in [5.41, 5.74) is 0. The molecule has 0 aromatic rings. The minimum atomic E-state index is -0.0643. The van der Waals surface area contributed by atoms with E-state index in [1.807, 2.05) is 20.3 Å². The molecule has 10 heavy (non-hydrogen) atoms. The van der Waals surface area contributed by atoms with E-state index in [4.69, 9.17) is 0 Å². The van der Waals surface area contributed by atoms with Crippen LogP contribution in [0.3, 0.4) is 0 Å². The molecule has 3 heteroatoms. The second-order valence-electron chi connectivity index (χ2n) is 2.53. The molecular formula is C7H12N2O. The molecule has 2 radical (unpaired) electrons. The Balaban J connectivity index is 2.46. The zero-order valence-corrected chi connectivity index (χ0v) is 6.37. The van der Waals surface area contributed by atoms with Gasteiger partial charge in [0.05, 0.1) is 12.6 Å². The Morgan fingerprint density at radius 3 is 3.00 bits per heavy atom. The summed E-state index contributed by atoms with van der Waals surface area (Å²) in [7, 11) is 0. The molecule has 2 amide bonds. The third-order valence-corrected chi connectivity index (χ3v) is 1.65. The summed E-state index contributed by atoms with van der Waals surface area (Å²) in [6.07, 6.45) is 1.97. The van der Waals surface area contributed by atoms with Crippen LogP contribution in [0.4, 0.5) is 4.79 Å². The summed E-state index contributed by atoms with van der Waals surface area (Å²) in [6, 6.07) is 0.231. The largest absolute Gasteiger partial charge is 0.339 e. The van der Waals surface area contributed by atoms with Crippen molar-refractivity contribution in [1.29, 1.82) is 0 Å². The van der Waals surface area contributed by atoms with E-state index in [1.54, 1.807) is 4.90 Å². The summed E-state index contributed by atoms with van der Waals surface area (Å²) >= 11 is 0. The van der Waals surface area contributed by atoms with E-state index in [0.29, 0.717) is 12.6 Å². The van der Waals surface area contributed by atoms with Crippen LogP contribution < -0.4 is 5.32 Å². The number of hydrogen-bond donors (Lipinski definition) is 0. The van der Waals surface area contributed by atoms with Crippen molar-refractivity contribution in [2.24, 2.45) is 0 Å². The van der Waals surface area contributed by atoms with Gasteiger partial charge in [0.15, 0.2) is 0 Å². The normalized spacial score (nSPS) is 25.2. The van der Waals surface area contributed by atoms with E-state index in [-0.39, 0.29) is 6.03 Å². The maximum atomic E-state index is 10.9. The van der Waals surface area contributed by atoms with Crippen LogP contribution in [0.2, 0.25) is 0 Å². The lowest BCUT2D eigenvalue weighted by Gasteiger charge is -2.17. The highest BCUT2D eigenvalue weighted by Gasteiger charge is 2.27. The molecule has 0 aliphatic carbocycles. The summed E-state index contributed by atoms with van der Waals surface area (Å²) in [5.74, 6) is 0. The molecule has 1 unspecified atom stereocenters. The van der Waals surface area contributed by atoms with E-state index >= 15 is 0 Å². The Morgan fingerprint density at radius 2 is 2.60 bits per heavy atom. The molecule has 1 saturated heterocycles. The number of rotatable bonds is 2. The molecule has 0 bridgehead atoms. The zero-order valence-electron chi connectivity index (χ0n) is 6.37. The van der Waals surface area contributed by atoms with Crippen LogP contribution in [0, 0.1) is 6.42 Å². The predicted molar refractivity (Wildman–Crippen MR) is 38.5 cm³/mol. The molecule has 1 atom stereocenters. The van der Waals surface area contributed by atoms with Crippen molar-refractivity contribution in [1.82, 2.24) is 10.2 Å². The van der Waals surface area contributed by atoms with E-state index < -0.39 is 0 Å². The highest BCUT2D eigenvalue weighted by molar-refractivity contribution is 5.76. The molecule has 1 rings (SSSR count). The van der Waals surface area contributed by atoms with Gasteiger partial charge < -0.3 is 4.90 Å². The Morgan fingerprint density at radius 1 is 1.90 bits per heavy atom. The third-order valence-electron chi connectivity index (χ3n) is 1.65. The van der Waals surface area contributed by atoms with Gasteiger partial charge in [-0.05, 0) is 13.3 Å². The first-order chi connectivity index (χ1) is 4.75. The number of carbonyl (C=O) groups is 1. The summed E-state index contributed by atoms with van der Waals surface area (Å²) in [6.45, 7) is 5.34. The minimum Gasteiger partial charge on any atom is -0.318 e. The van der Waals surface area contributed by atoms with Gasteiger partial charge in [0.25, 0.3) is 0 Å². The van der Waals surface area contributed by atoms with E-state index in [1.165, 1.54) is 0 Å². The maximum absolute atomic E-state index is 10.9. The lowest BCUT2D eigenvalue weighted by molar-refractivity contribution is 0.211. The molecule has 0 N–H and O–H groups in total. The van der Waals surface area contributed by atoms with Gasteiger partial charge >= 0.3 is 6.03 Å². The van der Waals surface area contributed by atoms with Gasteiger partial charge in [0.1, 0.15) is 0 Å². The fraction of sp³-hybridized carbons (Fsp3) is 0.714. The lowest BCUT2D eigenvalue weighted by Crippen LogP contribution is -2.32. The van der Waals surface area contributed by atoms with Crippen molar-refractivity contribution < 1.29 is 4.79 Å². The van der Waals surface area contributed by atoms with Crippen molar-refractivity contribution in [2.45, 2.75) is 19.9 Å². The van der Waals surface area contributed by atoms with Crippen molar-refractivity contribution in [2.75, 3.05) is 13.1 Å². The first-order valence-electron chi connectivity index (χ1n) is 3.51. The second-order valence-corrected chi connectivity index (χ2v) is 2.53. The SMILES string of the molecule is C[CH]CN1C(=O)[N]CC1C. The van der Waals surface area contributed by atoms with Crippen LogP contribution in [0.25, 0.3) is 0 Å². The molecule has 3 nitrogen and oxygen atoms in total. The average Bonchev–Trinajstić information content (AvgIpc) is 2.20. The molecule has 1 heterocycles. The van der Waals surface area contributed by atoms with Crippen LogP contribution in [-0.4, -0.2) is 30.1 Å². The Bertz CT molecular complexity index is 136. The Hall–Kier alpha value is -0.730. The van der Waals surface area contributed by atoms with Gasteiger partial charge in [-0.2, -0.15) is 0 Å². The van der Waals surface area contributed by atoms with Crippen LogP contribution in [0.5, 0.6) is 0 Å². The molecular weight excluding hydrogens is 128 g/mol. The second kappa shape index (κ2) is 2.90. The molecule has 1 aliphatic heterocycles. The fourth-order valence-corrected chi connectivity index (χ4v) is 1.04. The van der Waals surface area contributed by atoms with Crippen molar-refractivity contribution in [3.63, 3.8) is 0 Å². The van der Waals surface area contributed by atoms with Gasteiger partial charge in [0, 0.05) is 6.54 Å². The fourth-order valence-electron chi connectivity index (χ4n) is 1.04. The van der Waals surface area contributed by atoms with Crippen molar-refractivity contribution in [3.8, 4) is 0 Å². The summed E-state index contributed by atoms with van der Waals surface area (Å²) in [5, 5.41) is 3.78. The Kier molecular flexibility index (Phi) is 2.14. The van der Waals surface area contributed by atoms with Crippen LogP contribution in [-0.2, 0) is 0 Å². The molecule has 1 aliphatic rings. The molecule has 0 aromatic carbocycles. The van der Waals surface area contributed by atoms with E-state index in [9.17, 15) is 4.79 Å². The maximum Gasteiger partial charge on any atom is 0.339 e. The van der Waals surface area contributed by atoms with Gasteiger partial charge in [-0.3, -0.25) is 0 Å². The van der Waals surface area contributed by atoms with E-state index in [2.05, 4.69) is 5.32 Å². The summed E-state index contributed by atoms with van der Waals surface area (Å²) < 4.78 is 0. The van der Waals surface area contributed by atoms with Gasteiger partial charge in [-0.25, -0.2) is 10.1 Å². The number of nitrogens with zero attached hydrogens (tertiary/aromatic N) is 2.